The van der Waals surface area contributed by atoms with Gasteiger partial charge in [0.2, 0.25) is 5.91 Å². The van der Waals surface area contributed by atoms with Crippen molar-refractivity contribution in [3.05, 3.63) is 60.2 Å². The molecule has 1 amide bonds. The SMILES string of the molecule is CC(Nc1ccc(NC(=O)C(C)S(C)(=O)=O)cc1)c1ccccc1. The highest BCUT2D eigenvalue weighted by Crippen LogP contribution is 2.20. The third kappa shape index (κ3) is 4.83. The Labute approximate surface area is 143 Å². The molecule has 128 valence electrons. The summed E-state index contributed by atoms with van der Waals surface area (Å²) in [5, 5.41) is 4.92. The van der Waals surface area contributed by atoms with E-state index >= 15 is 0 Å². The van der Waals surface area contributed by atoms with E-state index in [1.165, 1.54) is 12.5 Å². The molecular formula is C18H22N2O3S. The van der Waals surface area contributed by atoms with Gasteiger partial charge in [-0.15, -0.1) is 0 Å². The van der Waals surface area contributed by atoms with Crippen molar-refractivity contribution in [2.45, 2.75) is 25.1 Å². The maximum absolute atomic E-state index is 11.9. The van der Waals surface area contributed by atoms with E-state index in [0.717, 1.165) is 11.9 Å². The molecule has 2 N–H and O–H groups in total. The summed E-state index contributed by atoms with van der Waals surface area (Å²) in [5.74, 6) is -0.532. The van der Waals surface area contributed by atoms with Gasteiger partial charge in [-0.2, -0.15) is 0 Å². The predicted molar refractivity (Wildman–Crippen MR) is 97.9 cm³/mol. The Kier molecular flexibility index (Phi) is 5.62. The van der Waals surface area contributed by atoms with Crippen LogP contribution in [0.15, 0.2) is 54.6 Å². The van der Waals surface area contributed by atoms with Crippen LogP contribution in [0.3, 0.4) is 0 Å². The van der Waals surface area contributed by atoms with Crippen molar-refractivity contribution in [3.8, 4) is 0 Å². The van der Waals surface area contributed by atoms with Gasteiger partial charge in [0.1, 0.15) is 5.25 Å². The fourth-order valence-electron chi connectivity index (χ4n) is 2.16. The van der Waals surface area contributed by atoms with Gasteiger partial charge in [0.15, 0.2) is 9.84 Å². The third-order valence-corrected chi connectivity index (χ3v) is 5.35. The number of sulfone groups is 1. The maximum Gasteiger partial charge on any atom is 0.242 e. The molecule has 2 unspecified atom stereocenters. The molecule has 2 aromatic rings. The number of amides is 1. The number of hydrogen-bond acceptors (Lipinski definition) is 4. The second-order valence-electron chi connectivity index (χ2n) is 5.82. The van der Waals surface area contributed by atoms with Crippen molar-refractivity contribution < 1.29 is 13.2 Å². The quantitative estimate of drug-likeness (QED) is 0.842. The fourth-order valence-corrected chi connectivity index (χ4v) is 2.61. The number of hydrogen-bond donors (Lipinski definition) is 2. The number of nitrogens with one attached hydrogen (secondary N) is 2. The summed E-state index contributed by atoms with van der Waals surface area (Å²) in [5.41, 5.74) is 2.66. The molecule has 0 bridgehead atoms. The lowest BCUT2D eigenvalue weighted by Gasteiger charge is -2.16. The number of rotatable bonds is 6. The monoisotopic (exact) mass is 346 g/mol. The number of anilines is 2. The first kappa shape index (κ1) is 18.0. The summed E-state index contributed by atoms with van der Waals surface area (Å²) >= 11 is 0. The molecule has 0 spiro atoms. The van der Waals surface area contributed by atoms with Gasteiger partial charge in [0, 0.05) is 23.7 Å². The lowest BCUT2D eigenvalue weighted by Crippen LogP contribution is -2.31. The Balaban J connectivity index is 1.99. The maximum atomic E-state index is 11.9. The van der Waals surface area contributed by atoms with Gasteiger partial charge < -0.3 is 10.6 Å². The van der Waals surface area contributed by atoms with Crippen LogP contribution < -0.4 is 10.6 Å². The number of carbonyl (C=O) groups is 1. The summed E-state index contributed by atoms with van der Waals surface area (Å²) in [7, 11) is -3.40. The van der Waals surface area contributed by atoms with Crippen LogP contribution in [0.5, 0.6) is 0 Å². The summed E-state index contributed by atoms with van der Waals surface area (Å²) in [4.78, 5) is 11.9. The van der Waals surface area contributed by atoms with Crippen LogP contribution in [0.4, 0.5) is 11.4 Å². The lowest BCUT2D eigenvalue weighted by molar-refractivity contribution is -0.115. The Bertz CT molecular complexity index is 787. The van der Waals surface area contributed by atoms with Crippen molar-refractivity contribution in [3.63, 3.8) is 0 Å². The first-order valence-corrected chi connectivity index (χ1v) is 9.64. The van der Waals surface area contributed by atoms with E-state index in [0.29, 0.717) is 5.69 Å². The molecule has 24 heavy (non-hydrogen) atoms. The summed E-state index contributed by atoms with van der Waals surface area (Å²) in [6, 6.07) is 17.4. The Morgan fingerprint density at radius 3 is 2.00 bits per heavy atom. The highest BCUT2D eigenvalue weighted by Gasteiger charge is 2.23. The molecule has 2 aromatic carbocycles. The molecule has 5 nitrogen and oxygen atoms in total. The highest BCUT2D eigenvalue weighted by molar-refractivity contribution is 7.92. The molecule has 0 saturated carbocycles. The van der Waals surface area contributed by atoms with Gasteiger partial charge in [-0.1, -0.05) is 30.3 Å². The van der Waals surface area contributed by atoms with E-state index in [1.807, 2.05) is 30.3 Å². The largest absolute Gasteiger partial charge is 0.379 e. The molecule has 0 aliphatic heterocycles. The van der Waals surface area contributed by atoms with Crippen LogP contribution in [0.1, 0.15) is 25.5 Å². The predicted octanol–water partition coefficient (Wildman–Crippen LogP) is 3.23. The number of carbonyl (C=O) groups excluding carboxylic acids is 1. The molecule has 0 saturated heterocycles. The average Bonchev–Trinajstić information content (AvgIpc) is 2.55. The van der Waals surface area contributed by atoms with Crippen LogP contribution in [0.2, 0.25) is 0 Å². The van der Waals surface area contributed by atoms with Crippen LogP contribution in [0.25, 0.3) is 0 Å². The molecule has 0 aliphatic rings. The first-order chi connectivity index (χ1) is 11.3. The van der Waals surface area contributed by atoms with Gasteiger partial charge in [-0.3, -0.25) is 4.79 Å². The van der Waals surface area contributed by atoms with Crippen molar-refractivity contribution in [2.75, 3.05) is 16.9 Å². The third-order valence-electron chi connectivity index (χ3n) is 3.85. The summed E-state index contributed by atoms with van der Waals surface area (Å²) in [6.45, 7) is 3.45. The van der Waals surface area contributed by atoms with Crippen molar-refractivity contribution in [1.82, 2.24) is 0 Å². The lowest BCUT2D eigenvalue weighted by atomic mass is 10.1. The minimum Gasteiger partial charge on any atom is -0.379 e. The molecular weight excluding hydrogens is 324 g/mol. The highest BCUT2D eigenvalue weighted by atomic mass is 32.2. The molecule has 2 rings (SSSR count). The van der Waals surface area contributed by atoms with Crippen LogP contribution in [-0.4, -0.2) is 25.8 Å². The van der Waals surface area contributed by atoms with E-state index in [9.17, 15) is 13.2 Å². The number of benzene rings is 2. The molecule has 0 aliphatic carbocycles. The second kappa shape index (κ2) is 7.49. The normalized spacial score (nSPS) is 13.8. The summed E-state index contributed by atoms with van der Waals surface area (Å²) in [6.07, 6.45) is 1.05. The van der Waals surface area contributed by atoms with Gasteiger partial charge in [-0.25, -0.2) is 8.42 Å². The van der Waals surface area contributed by atoms with Gasteiger partial charge >= 0.3 is 0 Å². The second-order valence-corrected chi connectivity index (χ2v) is 8.18. The summed E-state index contributed by atoms with van der Waals surface area (Å²) < 4.78 is 22.8. The van der Waals surface area contributed by atoms with Crippen molar-refractivity contribution in [2.24, 2.45) is 0 Å². The molecule has 0 fully saturated rings. The zero-order chi connectivity index (χ0) is 17.7. The van der Waals surface area contributed by atoms with E-state index < -0.39 is 21.0 Å². The van der Waals surface area contributed by atoms with E-state index in [1.54, 1.807) is 12.1 Å². The van der Waals surface area contributed by atoms with Crippen LogP contribution in [0, 0.1) is 0 Å². The van der Waals surface area contributed by atoms with Gasteiger partial charge in [0.05, 0.1) is 0 Å². The Morgan fingerprint density at radius 2 is 1.46 bits per heavy atom. The van der Waals surface area contributed by atoms with Crippen LogP contribution >= 0.6 is 0 Å². The Morgan fingerprint density at radius 1 is 0.917 bits per heavy atom. The molecule has 2 atom stereocenters. The molecule has 0 aromatic heterocycles. The molecule has 0 heterocycles. The minimum absolute atomic E-state index is 0.150. The Hall–Kier alpha value is -2.34. The van der Waals surface area contributed by atoms with Gasteiger partial charge in [-0.05, 0) is 43.7 Å². The van der Waals surface area contributed by atoms with Gasteiger partial charge in [0.25, 0.3) is 0 Å². The average molecular weight is 346 g/mol. The van der Waals surface area contributed by atoms with Crippen molar-refractivity contribution in [1.29, 1.82) is 0 Å². The van der Waals surface area contributed by atoms with E-state index in [4.69, 9.17) is 0 Å². The van der Waals surface area contributed by atoms with Crippen LogP contribution in [-0.2, 0) is 14.6 Å². The zero-order valence-corrected chi connectivity index (χ0v) is 14.8. The molecule has 0 radical (unpaired) electrons. The van der Waals surface area contributed by atoms with E-state index in [-0.39, 0.29) is 6.04 Å². The fraction of sp³-hybridized carbons (Fsp3) is 0.278. The first-order valence-electron chi connectivity index (χ1n) is 7.68. The topological polar surface area (TPSA) is 75.3 Å². The van der Waals surface area contributed by atoms with Crippen molar-refractivity contribution >= 4 is 27.1 Å². The standard InChI is InChI=1S/C18H22N2O3S/c1-13(15-7-5-4-6-8-15)19-16-9-11-17(12-10-16)20-18(21)14(2)24(3,22)23/h4-14,19H,1-3H3,(H,20,21). The molecule has 6 heteroatoms. The zero-order valence-electron chi connectivity index (χ0n) is 14.0. The smallest absolute Gasteiger partial charge is 0.242 e. The van der Waals surface area contributed by atoms with E-state index in [2.05, 4.69) is 29.7 Å². The minimum atomic E-state index is -3.40.